The number of aromatic nitrogens is 3. The maximum absolute atomic E-state index is 12.6. The number of azo groups is 1. The zero-order chi connectivity index (χ0) is 20.6. The van der Waals surface area contributed by atoms with E-state index in [4.69, 9.17) is 0 Å². The molecule has 0 amide bonds. The normalized spacial score (nSPS) is 12.5. The molecule has 7 nitrogen and oxygen atoms in total. The third kappa shape index (κ3) is 3.69. The van der Waals surface area contributed by atoms with E-state index in [0.29, 0.717) is 22.6 Å². The molecule has 0 aliphatic rings. The summed E-state index contributed by atoms with van der Waals surface area (Å²) in [6.45, 7) is 11.4. The topological polar surface area (TPSA) is 84.8 Å². The van der Waals surface area contributed by atoms with Crippen molar-refractivity contribution in [1.29, 1.82) is 0 Å². The van der Waals surface area contributed by atoms with Crippen LogP contribution in [0.3, 0.4) is 0 Å². The van der Waals surface area contributed by atoms with Crippen LogP contribution in [0.4, 0.5) is 11.5 Å². The van der Waals surface area contributed by atoms with Crippen LogP contribution in [0.5, 0.6) is 5.75 Å². The average Bonchev–Trinajstić information content (AvgIpc) is 3.02. The van der Waals surface area contributed by atoms with Crippen molar-refractivity contribution < 1.29 is 5.11 Å². The highest BCUT2D eigenvalue weighted by Crippen LogP contribution is 2.33. The lowest BCUT2D eigenvalue weighted by Gasteiger charge is -2.20. The van der Waals surface area contributed by atoms with Gasteiger partial charge in [0.2, 0.25) is 0 Å². The smallest absolute Gasteiger partial charge is 0.282 e. The molecule has 0 radical (unpaired) electrons. The van der Waals surface area contributed by atoms with E-state index in [2.05, 4.69) is 49.9 Å². The molecule has 3 rings (SSSR count). The van der Waals surface area contributed by atoms with Gasteiger partial charge in [-0.25, -0.2) is 0 Å². The fourth-order valence-electron chi connectivity index (χ4n) is 3.20. The molecule has 7 heteroatoms. The number of fused-ring (bicyclic) bond motifs is 1. The Bertz CT molecular complexity index is 1100. The van der Waals surface area contributed by atoms with E-state index >= 15 is 0 Å². The summed E-state index contributed by atoms with van der Waals surface area (Å²) in [7, 11) is 1.65. The first-order valence-corrected chi connectivity index (χ1v) is 9.40. The van der Waals surface area contributed by atoms with Crippen LogP contribution in [0.2, 0.25) is 0 Å². The zero-order valence-corrected chi connectivity index (χ0v) is 17.3. The lowest BCUT2D eigenvalue weighted by atomic mass is 9.92. The molecule has 0 unspecified atom stereocenters. The Morgan fingerprint density at radius 1 is 1.18 bits per heavy atom. The Kier molecular flexibility index (Phi) is 5.10. The van der Waals surface area contributed by atoms with Crippen LogP contribution in [0.1, 0.15) is 40.3 Å². The van der Waals surface area contributed by atoms with Crippen LogP contribution in [-0.4, -0.2) is 19.5 Å². The van der Waals surface area contributed by atoms with Crippen molar-refractivity contribution in [2.75, 3.05) is 0 Å². The summed E-state index contributed by atoms with van der Waals surface area (Å²) in [5.41, 5.74) is 1.09. The van der Waals surface area contributed by atoms with Crippen LogP contribution >= 0.6 is 0 Å². The quantitative estimate of drug-likeness (QED) is 0.658. The average molecular weight is 381 g/mol. The lowest BCUT2D eigenvalue weighted by molar-refractivity contribution is 0.429. The first-order chi connectivity index (χ1) is 13.1. The maximum atomic E-state index is 12.6. The number of para-hydroxylation sites is 1. The van der Waals surface area contributed by atoms with E-state index in [1.54, 1.807) is 25.2 Å². The minimum atomic E-state index is -0.405. The molecule has 0 saturated heterocycles. The van der Waals surface area contributed by atoms with Gasteiger partial charge in [-0.1, -0.05) is 46.8 Å². The molecule has 2 heterocycles. The molecule has 0 aliphatic heterocycles. The Morgan fingerprint density at radius 3 is 2.50 bits per heavy atom. The molecule has 1 N–H and O–H groups in total. The first-order valence-electron chi connectivity index (χ1n) is 9.40. The highest BCUT2D eigenvalue weighted by atomic mass is 16.3. The number of benzene rings is 1. The predicted octanol–water partition coefficient (Wildman–Crippen LogP) is 4.81. The zero-order valence-electron chi connectivity index (χ0n) is 17.3. The molecular formula is C21H27N5O2. The molecule has 3 aromatic rings. The molecule has 0 fully saturated rings. The van der Waals surface area contributed by atoms with Crippen molar-refractivity contribution in [2.45, 2.75) is 46.6 Å². The van der Waals surface area contributed by atoms with Gasteiger partial charge in [0.1, 0.15) is 0 Å². The highest BCUT2D eigenvalue weighted by molar-refractivity contribution is 5.89. The molecule has 1 aromatic carbocycles. The summed E-state index contributed by atoms with van der Waals surface area (Å²) in [6.07, 6.45) is 0. The van der Waals surface area contributed by atoms with E-state index in [1.165, 1.54) is 4.57 Å². The van der Waals surface area contributed by atoms with Crippen LogP contribution < -0.4 is 5.56 Å². The molecule has 0 saturated carbocycles. The number of hydrogen-bond donors (Lipinski definition) is 1. The van der Waals surface area contributed by atoms with E-state index in [0.717, 1.165) is 12.2 Å². The Labute approximate surface area is 164 Å². The standard InChI is InChI=1S/C21H27N5O2/c1-13(2)12-26-16(21(3,4)5)11-17(24-26)22-23-18-19(27)14-9-7-8-10-15(14)25(6)20(18)28/h7-11,13,27H,12H2,1-6H3. The van der Waals surface area contributed by atoms with Gasteiger partial charge >= 0.3 is 0 Å². The molecule has 148 valence electrons. The summed E-state index contributed by atoms with van der Waals surface area (Å²) in [6, 6.07) is 9.03. The van der Waals surface area contributed by atoms with Crippen LogP contribution in [0.25, 0.3) is 10.9 Å². The van der Waals surface area contributed by atoms with Crippen molar-refractivity contribution in [3.63, 3.8) is 0 Å². The third-order valence-corrected chi connectivity index (χ3v) is 4.58. The highest BCUT2D eigenvalue weighted by Gasteiger charge is 2.22. The maximum Gasteiger partial charge on any atom is 0.282 e. The van der Waals surface area contributed by atoms with Crippen LogP contribution in [-0.2, 0) is 19.0 Å². The van der Waals surface area contributed by atoms with E-state index in [-0.39, 0.29) is 16.9 Å². The van der Waals surface area contributed by atoms with E-state index in [9.17, 15) is 9.90 Å². The van der Waals surface area contributed by atoms with Crippen molar-refractivity contribution in [3.8, 4) is 5.75 Å². The number of rotatable bonds is 4. The summed E-state index contributed by atoms with van der Waals surface area (Å²) in [5, 5.41) is 23.9. The Morgan fingerprint density at radius 2 is 1.86 bits per heavy atom. The Hall–Kier alpha value is -2.96. The summed E-state index contributed by atoms with van der Waals surface area (Å²) >= 11 is 0. The van der Waals surface area contributed by atoms with Crippen LogP contribution in [0.15, 0.2) is 45.4 Å². The molecule has 0 spiro atoms. The SMILES string of the molecule is CC(C)Cn1nc(N=Nc2c(O)c3ccccc3n(C)c2=O)cc1C(C)(C)C. The fourth-order valence-corrected chi connectivity index (χ4v) is 3.20. The van der Waals surface area contributed by atoms with Gasteiger partial charge in [-0.15, -0.1) is 10.2 Å². The second kappa shape index (κ2) is 7.22. The molecule has 0 bridgehead atoms. The van der Waals surface area contributed by atoms with E-state index < -0.39 is 5.56 Å². The minimum absolute atomic E-state index is 0.0862. The number of nitrogens with zero attached hydrogens (tertiary/aromatic N) is 5. The largest absolute Gasteiger partial charge is 0.505 e. The minimum Gasteiger partial charge on any atom is -0.505 e. The van der Waals surface area contributed by atoms with Crippen molar-refractivity contribution in [2.24, 2.45) is 23.2 Å². The second-order valence-electron chi connectivity index (χ2n) is 8.49. The van der Waals surface area contributed by atoms with Gasteiger partial charge in [-0.05, 0) is 18.1 Å². The fraction of sp³-hybridized carbons (Fsp3) is 0.429. The monoisotopic (exact) mass is 381 g/mol. The second-order valence-corrected chi connectivity index (χ2v) is 8.49. The molecular weight excluding hydrogens is 354 g/mol. The Balaban J connectivity index is 2.08. The summed E-state index contributed by atoms with van der Waals surface area (Å²) in [5.74, 6) is 0.683. The van der Waals surface area contributed by atoms with Gasteiger partial charge in [-0.2, -0.15) is 5.10 Å². The number of hydrogen-bond acceptors (Lipinski definition) is 5. The van der Waals surface area contributed by atoms with Gasteiger partial charge in [0.15, 0.2) is 17.3 Å². The van der Waals surface area contributed by atoms with Gasteiger partial charge < -0.3 is 9.67 Å². The van der Waals surface area contributed by atoms with Crippen molar-refractivity contribution in [3.05, 3.63) is 46.4 Å². The van der Waals surface area contributed by atoms with Crippen molar-refractivity contribution in [1.82, 2.24) is 14.3 Å². The van der Waals surface area contributed by atoms with Gasteiger partial charge in [0, 0.05) is 36.2 Å². The predicted molar refractivity (Wildman–Crippen MR) is 111 cm³/mol. The summed E-state index contributed by atoms with van der Waals surface area (Å²) < 4.78 is 3.40. The summed E-state index contributed by atoms with van der Waals surface area (Å²) in [4.78, 5) is 12.6. The molecule has 2 aromatic heterocycles. The first kappa shape index (κ1) is 19.8. The van der Waals surface area contributed by atoms with Crippen LogP contribution in [0, 0.1) is 5.92 Å². The van der Waals surface area contributed by atoms with Crippen molar-refractivity contribution >= 4 is 22.4 Å². The van der Waals surface area contributed by atoms with Gasteiger partial charge in [0.25, 0.3) is 5.56 Å². The molecule has 28 heavy (non-hydrogen) atoms. The number of aromatic hydroxyl groups is 1. The molecule has 0 atom stereocenters. The third-order valence-electron chi connectivity index (χ3n) is 4.58. The van der Waals surface area contributed by atoms with Gasteiger partial charge in [-0.3, -0.25) is 9.48 Å². The van der Waals surface area contributed by atoms with Gasteiger partial charge in [0.05, 0.1) is 5.52 Å². The van der Waals surface area contributed by atoms with E-state index in [1.807, 2.05) is 16.8 Å². The molecule has 0 aliphatic carbocycles. The number of aryl methyl sites for hydroxylation is 1. The number of pyridine rings is 1. The lowest BCUT2D eigenvalue weighted by Crippen LogP contribution is -2.20.